The fourth-order valence-electron chi connectivity index (χ4n) is 2.27. The third-order valence-electron chi connectivity index (χ3n) is 3.28. The summed E-state index contributed by atoms with van der Waals surface area (Å²) in [6, 6.07) is -0.118. The molecule has 0 N–H and O–H groups in total. The summed E-state index contributed by atoms with van der Waals surface area (Å²) in [6.07, 6.45) is 1.75. The van der Waals surface area contributed by atoms with Gasteiger partial charge in [0.15, 0.2) is 0 Å². The summed E-state index contributed by atoms with van der Waals surface area (Å²) in [4.78, 5) is 0. The highest BCUT2D eigenvalue weighted by molar-refractivity contribution is 7.88. The van der Waals surface area contributed by atoms with Gasteiger partial charge in [-0.1, -0.05) is 0 Å². The molecule has 0 saturated heterocycles. The smallest absolute Gasteiger partial charge is 0.212 e. The Morgan fingerprint density at radius 3 is 2.12 bits per heavy atom. The molecule has 0 aromatic heterocycles. The van der Waals surface area contributed by atoms with E-state index in [1.807, 2.05) is 0 Å². The largest absolute Gasteiger partial charge is 0.248 e. The van der Waals surface area contributed by atoms with E-state index in [-0.39, 0.29) is 24.8 Å². The van der Waals surface area contributed by atoms with Gasteiger partial charge < -0.3 is 0 Å². The van der Waals surface area contributed by atoms with Crippen LogP contribution in [0.4, 0.5) is 8.78 Å². The number of hydrogen-bond acceptors (Lipinski definition) is 2. The van der Waals surface area contributed by atoms with Crippen molar-refractivity contribution in [1.29, 1.82) is 0 Å². The van der Waals surface area contributed by atoms with Crippen molar-refractivity contribution in [3.8, 4) is 0 Å². The summed E-state index contributed by atoms with van der Waals surface area (Å²) in [5.74, 6) is -2.49. The van der Waals surface area contributed by atoms with Crippen molar-refractivity contribution >= 4 is 10.0 Å². The minimum absolute atomic E-state index is 0.0618. The molecule has 1 saturated carbocycles. The molecule has 1 aliphatic rings. The van der Waals surface area contributed by atoms with Crippen LogP contribution in [0.1, 0.15) is 39.5 Å². The highest BCUT2D eigenvalue weighted by atomic mass is 32.2. The molecule has 0 amide bonds. The van der Waals surface area contributed by atoms with E-state index < -0.39 is 15.9 Å². The minimum atomic E-state index is -3.25. The van der Waals surface area contributed by atoms with Crippen molar-refractivity contribution < 1.29 is 17.2 Å². The first-order valence-electron chi connectivity index (χ1n) is 5.96. The summed E-state index contributed by atoms with van der Waals surface area (Å²) in [5.41, 5.74) is 0. The van der Waals surface area contributed by atoms with Crippen molar-refractivity contribution in [3.63, 3.8) is 0 Å². The maximum Gasteiger partial charge on any atom is 0.248 e. The van der Waals surface area contributed by atoms with Gasteiger partial charge in [-0.05, 0) is 32.6 Å². The van der Waals surface area contributed by atoms with Crippen LogP contribution in [-0.2, 0) is 10.0 Å². The van der Waals surface area contributed by atoms with Gasteiger partial charge >= 0.3 is 0 Å². The van der Waals surface area contributed by atoms with Gasteiger partial charge in [0.25, 0.3) is 0 Å². The lowest BCUT2D eigenvalue weighted by atomic mass is 9.86. The molecule has 0 aliphatic heterocycles. The molecule has 1 fully saturated rings. The first-order valence-corrected chi connectivity index (χ1v) is 7.81. The lowest BCUT2D eigenvalue weighted by Crippen LogP contribution is -2.41. The second-order valence-corrected chi connectivity index (χ2v) is 7.16. The molecule has 0 atom stereocenters. The first-order chi connectivity index (χ1) is 7.62. The zero-order valence-corrected chi connectivity index (χ0v) is 11.4. The van der Waals surface area contributed by atoms with Gasteiger partial charge in [-0.2, -0.15) is 4.31 Å². The highest BCUT2D eigenvalue weighted by Crippen LogP contribution is 2.36. The van der Waals surface area contributed by atoms with Gasteiger partial charge in [-0.25, -0.2) is 17.2 Å². The van der Waals surface area contributed by atoms with Gasteiger partial charge in [0.05, 0.1) is 6.26 Å². The second kappa shape index (κ2) is 5.18. The SMILES string of the molecule is CC(C)N(CC1CCC(F)(F)CC1)S(C)(=O)=O. The third-order valence-corrected chi connectivity index (χ3v) is 4.70. The number of alkyl halides is 2. The number of sulfonamides is 1. The van der Waals surface area contributed by atoms with E-state index in [4.69, 9.17) is 0 Å². The molecule has 0 aromatic carbocycles. The van der Waals surface area contributed by atoms with Crippen LogP contribution in [0.25, 0.3) is 0 Å². The Kier molecular flexibility index (Phi) is 4.52. The van der Waals surface area contributed by atoms with Crippen molar-refractivity contribution in [2.24, 2.45) is 5.92 Å². The Bertz CT molecular complexity index is 344. The Morgan fingerprint density at radius 1 is 1.29 bits per heavy atom. The number of nitrogens with zero attached hydrogens (tertiary/aromatic N) is 1. The van der Waals surface area contributed by atoms with E-state index in [1.165, 1.54) is 10.6 Å². The zero-order chi connectivity index (χ0) is 13.3. The molecular formula is C11H21F2NO2S. The minimum Gasteiger partial charge on any atom is -0.212 e. The molecule has 6 heteroatoms. The van der Waals surface area contributed by atoms with E-state index >= 15 is 0 Å². The van der Waals surface area contributed by atoms with Crippen molar-refractivity contribution in [1.82, 2.24) is 4.31 Å². The van der Waals surface area contributed by atoms with Crippen molar-refractivity contribution in [3.05, 3.63) is 0 Å². The highest BCUT2D eigenvalue weighted by Gasteiger charge is 2.36. The molecule has 0 bridgehead atoms. The predicted octanol–water partition coefficient (Wildman–Crippen LogP) is 2.48. The monoisotopic (exact) mass is 269 g/mol. The molecule has 1 aliphatic carbocycles. The summed E-state index contributed by atoms with van der Waals surface area (Å²) < 4.78 is 50.5. The molecule has 0 spiro atoms. The molecule has 1 rings (SSSR count). The molecular weight excluding hydrogens is 248 g/mol. The third kappa shape index (κ3) is 4.50. The van der Waals surface area contributed by atoms with E-state index in [0.29, 0.717) is 19.4 Å². The van der Waals surface area contributed by atoms with Gasteiger partial charge in [-0.15, -0.1) is 0 Å². The fourth-order valence-corrected chi connectivity index (χ4v) is 3.51. The molecule has 0 radical (unpaired) electrons. The maximum absolute atomic E-state index is 13.0. The Morgan fingerprint density at radius 2 is 1.76 bits per heavy atom. The summed E-state index contributed by atoms with van der Waals surface area (Å²) >= 11 is 0. The quantitative estimate of drug-likeness (QED) is 0.786. The molecule has 17 heavy (non-hydrogen) atoms. The molecule has 0 heterocycles. The van der Waals surface area contributed by atoms with Gasteiger partial charge in [0.1, 0.15) is 0 Å². The van der Waals surface area contributed by atoms with Gasteiger partial charge in [0, 0.05) is 25.4 Å². The number of rotatable bonds is 4. The second-order valence-electron chi connectivity index (χ2n) is 5.23. The Hall–Kier alpha value is -0.230. The van der Waals surface area contributed by atoms with E-state index in [2.05, 4.69) is 0 Å². The van der Waals surface area contributed by atoms with Crippen LogP contribution in [0.2, 0.25) is 0 Å². The average Bonchev–Trinajstić information content (AvgIpc) is 2.13. The van der Waals surface area contributed by atoms with Crippen LogP contribution in [0.5, 0.6) is 0 Å². The van der Waals surface area contributed by atoms with Crippen LogP contribution in [-0.4, -0.2) is 37.5 Å². The van der Waals surface area contributed by atoms with Gasteiger partial charge in [-0.3, -0.25) is 0 Å². The summed E-state index contributed by atoms with van der Waals surface area (Å²) in [5, 5.41) is 0. The maximum atomic E-state index is 13.0. The molecule has 0 aromatic rings. The van der Waals surface area contributed by atoms with Crippen LogP contribution < -0.4 is 0 Å². The van der Waals surface area contributed by atoms with Gasteiger partial charge in [0.2, 0.25) is 15.9 Å². The molecule has 0 unspecified atom stereocenters. The predicted molar refractivity (Wildman–Crippen MR) is 63.6 cm³/mol. The fraction of sp³-hybridized carbons (Fsp3) is 1.00. The topological polar surface area (TPSA) is 37.4 Å². The summed E-state index contributed by atoms with van der Waals surface area (Å²) in [7, 11) is -3.25. The van der Waals surface area contributed by atoms with Crippen molar-refractivity contribution in [2.45, 2.75) is 51.5 Å². The standard InChI is InChI=1S/C11H21F2NO2S/c1-9(2)14(17(3,15)16)8-10-4-6-11(12,13)7-5-10/h9-10H,4-8H2,1-3H3. The summed E-state index contributed by atoms with van der Waals surface area (Å²) in [6.45, 7) is 3.98. The molecule has 3 nitrogen and oxygen atoms in total. The first kappa shape index (κ1) is 14.8. The zero-order valence-electron chi connectivity index (χ0n) is 10.6. The Labute approximate surface area is 102 Å². The Balaban J connectivity index is 2.59. The van der Waals surface area contributed by atoms with Crippen LogP contribution in [0.15, 0.2) is 0 Å². The van der Waals surface area contributed by atoms with E-state index in [9.17, 15) is 17.2 Å². The van der Waals surface area contributed by atoms with Crippen molar-refractivity contribution in [2.75, 3.05) is 12.8 Å². The lowest BCUT2D eigenvalue weighted by molar-refractivity contribution is -0.0473. The normalized spacial score (nSPS) is 22.3. The van der Waals surface area contributed by atoms with Crippen LogP contribution in [0.3, 0.4) is 0 Å². The van der Waals surface area contributed by atoms with E-state index in [0.717, 1.165) is 0 Å². The number of halogens is 2. The average molecular weight is 269 g/mol. The number of hydrogen-bond donors (Lipinski definition) is 0. The van der Waals surface area contributed by atoms with Crippen LogP contribution in [0, 0.1) is 5.92 Å². The molecule has 102 valence electrons. The van der Waals surface area contributed by atoms with Crippen LogP contribution >= 0.6 is 0 Å². The van der Waals surface area contributed by atoms with E-state index in [1.54, 1.807) is 13.8 Å². The lowest BCUT2D eigenvalue weighted by Gasteiger charge is -2.33.